The van der Waals surface area contributed by atoms with E-state index in [2.05, 4.69) is 22.4 Å². The van der Waals surface area contributed by atoms with Crippen molar-refractivity contribution in [2.75, 3.05) is 13.1 Å². The van der Waals surface area contributed by atoms with Gasteiger partial charge in [0.25, 0.3) is 0 Å². The van der Waals surface area contributed by atoms with E-state index in [-0.39, 0.29) is 11.8 Å². The number of benzene rings is 1. The number of nitrogens with zero attached hydrogens (tertiary/aromatic N) is 1. The van der Waals surface area contributed by atoms with E-state index >= 15 is 0 Å². The summed E-state index contributed by atoms with van der Waals surface area (Å²) in [6.45, 7) is 5.38. The van der Waals surface area contributed by atoms with Gasteiger partial charge in [0.2, 0.25) is 11.8 Å². The molecule has 0 aliphatic heterocycles. The third-order valence-corrected chi connectivity index (χ3v) is 6.07. The fourth-order valence-corrected chi connectivity index (χ4v) is 4.47. The van der Waals surface area contributed by atoms with Gasteiger partial charge in [0, 0.05) is 36.6 Å². The second-order valence-corrected chi connectivity index (χ2v) is 7.88. The number of carbonyl (C=O) groups is 2. The van der Waals surface area contributed by atoms with Crippen LogP contribution < -0.4 is 5.32 Å². The summed E-state index contributed by atoms with van der Waals surface area (Å²) in [6.07, 6.45) is 8.79. The molecule has 28 heavy (non-hydrogen) atoms. The van der Waals surface area contributed by atoms with E-state index in [0.717, 1.165) is 50.5 Å². The van der Waals surface area contributed by atoms with Crippen molar-refractivity contribution in [1.29, 1.82) is 0 Å². The summed E-state index contributed by atoms with van der Waals surface area (Å²) >= 11 is 0. The van der Waals surface area contributed by atoms with Gasteiger partial charge in [-0.2, -0.15) is 0 Å². The second-order valence-electron chi connectivity index (χ2n) is 7.88. The van der Waals surface area contributed by atoms with E-state index in [1.165, 1.54) is 10.9 Å². The number of nitrogens with one attached hydrogen (secondary N) is 2. The molecule has 1 aromatic heterocycles. The molecule has 1 aliphatic rings. The first-order valence-electron chi connectivity index (χ1n) is 10.7. The molecule has 2 N–H and O–H groups in total. The van der Waals surface area contributed by atoms with Crippen LogP contribution >= 0.6 is 0 Å². The summed E-state index contributed by atoms with van der Waals surface area (Å²) < 4.78 is 0. The number of hydrogen-bond acceptors (Lipinski definition) is 2. The van der Waals surface area contributed by atoms with Crippen molar-refractivity contribution in [1.82, 2.24) is 15.2 Å². The third-order valence-electron chi connectivity index (χ3n) is 6.07. The first-order valence-corrected chi connectivity index (χ1v) is 10.7. The van der Waals surface area contributed by atoms with E-state index in [4.69, 9.17) is 0 Å². The van der Waals surface area contributed by atoms with Crippen molar-refractivity contribution in [3.05, 3.63) is 36.0 Å². The van der Waals surface area contributed by atoms with Crippen LogP contribution in [0.25, 0.3) is 10.9 Å². The SMILES string of the molecule is CCN(CC)C(=O)C1(NC(=O)CCCc2c[nH]c3ccccc23)CCCCC1. The summed E-state index contributed by atoms with van der Waals surface area (Å²) in [5.41, 5.74) is 1.69. The first kappa shape index (κ1) is 20.4. The predicted octanol–water partition coefficient (Wildman–Crippen LogP) is 4.18. The molecule has 0 spiro atoms. The Labute approximate surface area is 167 Å². The Morgan fingerprint density at radius 1 is 1.11 bits per heavy atom. The van der Waals surface area contributed by atoms with Crippen molar-refractivity contribution in [2.24, 2.45) is 0 Å². The number of fused-ring (bicyclic) bond motifs is 1. The summed E-state index contributed by atoms with van der Waals surface area (Å²) in [6, 6.07) is 8.24. The van der Waals surface area contributed by atoms with Crippen LogP contribution in [0.5, 0.6) is 0 Å². The van der Waals surface area contributed by atoms with Gasteiger partial charge in [-0.15, -0.1) is 0 Å². The summed E-state index contributed by atoms with van der Waals surface area (Å²) in [7, 11) is 0. The smallest absolute Gasteiger partial charge is 0.248 e. The van der Waals surface area contributed by atoms with Crippen LogP contribution in [0.3, 0.4) is 0 Å². The monoisotopic (exact) mass is 383 g/mol. The topological polar surface area (TPSA) is 65.2 Å². The number of aromatic amines is 1. The van der Waals surface area contributed by atoms with Gasteiger partial charge in [-0.25, -0.2) is 0 Å². The maximum atomic E-state index is 13.1. The molecule has 3 rings (SSSR count). The van der Waals surface area contributed by atoms with E-state index in [1.807, 2.05) is 37.1 Å². The van der Waals surface area contributed by atoms with Gasteiger partial charge in [-0.3, -0.25) is 9.59 Å². The molecule has 1 saturated carbocycles. The van der Waals surface area contributed by atoms with Crippen molar-refractivity contribution < 1.29 is 9.59 Å². The first-order chi connectivity index (χ1) is 13.6. The molecule has 2 aromatic rings. The fraction of sp³-hybridized carbons (Fsp3) is 0.565. The molecular formula is C23H33N3O2. The predicted molar refractivity (Wildman–Crippen MR) is 113 cm³/mol. The molecule has 1 heterocycles. The molecule has 0 atom stereocenters. The lowest BCUT2D eigenvalue weighted by atomic mass is 9.80. The molecule has 5 heteroatoms. The lowest BCUT2D eigenvalue weighted by Crippen LogP contribution is -2.60. The van der Waals surface area contributed by atoms with Crippen LogP contribution in [0.2, 0.25) is 0 Å². The molecule has 5 nitrogen and oxygen atoms in total. The Morgan fingerprint density at radius 3 is 2.54 bits per heavy atom. The Balaban J connectivity index is 1.60. The Hall–Kier alpha value is -2.30. The number of aromatic nitrogens is 1. The maximum Gasteiger partial charge on any atom is 0.248 e. The standard InChI is InChI=1S/C23H33N3O2/c1-3-26(4-2)22(28)23(15-8-5-9-16-23)25-21(27)14-10-11-18-17-24-20-13-7-6-12-19(18)20/h6-7,12-13,17,24H,3-5,8-11,14-16H2,1-2H3,(H,25,27). The van der Waals surface area contributed by atoms with Crippen LogP contribution in [0.1, 0.15) is 64.4 Å². The van der Waals surface area contributed by atoms with Gasteiger partial charge in [0.15, 0.2) is 0 Å². The van der Waals surface area contributed by atoms with Gasteiger partial charge < -0.3 is 15.2 Å². The Kier molecular flexibility index (Phi) is 6.76. The van der Waals surface area contributed by atoms with Gasteiger partial charge in [-0.1, -0.05) is 37.5 Å². The van der Waals surface area contributed by atoms with Crippen LogP contribution in [-0.2, 0) is 16.0 Å². The maximum absolute atomic E-state index is 13.1. The van der Waals surface area contributed by atoms with E-state index < -0.39 is 5.54 Å². The highest BCUT2D eigenvalue weighted by Crippen LogP contribution is 2.30. The number of carbonyl (C=O) groups excluding carboxylic acids is 2. The Morgan fingerprint density at radius 2 is 1.82 bits per heavy atom. The van der Waals surface area contributed by atoms with Crippen LogP contribution in [0.15, 0.2) is 30.5 Å². The zero-order valence-corrected chi connectivity index (χ0v) is 17.2. The van der Waals surface area contributed by atoms with E-state index in [1.54, 1.807) is 0 Å². The van der Waals surface area contributed by atoms with E-state index in [0.29, 0.717) is 19.5 Å². The molecule has 0 radical (unpaired) electrons. The minimum absolute atomic E-state index is 0.00208. The molecule has 0 unspecified atom stereocenters. The highest BCUT2D eigenvalue weighted by Gasteiger charge is 2.42. The minimum atomic E-state index is -0.692. The van der Waals surface area contributed by atoms with E-state index in [9.17, 15) is 9.59 Å². The van der Waals surface area contributed by atoms with Crippen molar-refractivity contribution in [3.63, 3.8) is 0 Å². The molecule has 152 valence electrons. The average Bonchev–Trinajstić information content (AvgIpc) is 3.13. The van der Waals surface area contributed by atoms with Crippen LogP contribution in [0, 0.1) is 0 Å². The zero-order valence-electron chi connectivity index (χ0n) is 17.2. The highest BCUT2D eigenvalue weighted by molar-refractivity contribution is 5.91. The number of hydrogen-bond donors (Lipinski definition) is 2. The minimum Gasteiger partial charge on any atom is -0.361 e. The number of para-hydroxylation sites is 1. The second kappa shape index (κ2) is 9.26. The number of amides is 2. The lowest BCUT2D eigenvalue weighted by Gasteiger charge is -2.40. The number of H-pyrrole nitrogens is 1. The zero-order chi connectivity index (χ0) is 20.0. The largest absolute Gasteiger partial charge is 0.361 e. The normalized spacial score (nSPS) is 16.1. The van der Waals surface area contributed by atoms with Crippen LogP contribution in [-0.4, -0.2) is 40.3 Å². The number of rotatable bonds is 8. The fourth-order valence-electron chi connectivity index (χ4n) is 4.47. The molecule has 1 aromatic carbocycles. The van der Waals surface area contributed by atoms with Gasteiger partial charge >= 0.3 is 0 Å². The summed E-state index contributed by atoms with van der Waals surface area (Å²) in [5.74, 6) is 0.101. The molecule has 1 aliphatic carbocycles. The van der Waals surface area contributed by atoms with Gasteiger partial charge in [0.05, 0.1) is 0 Å². The van der Waals surface area contributed by atoms with Crippen LogP contribution in [0.4, 0.5) is 0 Å². The van der Waals surface area contributed by atoms with Gasteiger partial charge in [0.1, 0.15) is 5.54 Å². The lowest BCUT2D eigenvalue weighted by molar-refractivity contribution is -0.143. The Bertz CT molecular complexity index is 801. The molecule has 1 fully saturated rings. The quantitative estimate of drug-likeness (QED) is 0.718. The number of aryl methyl sites for hydroxylation is 1. The number of likely N-dealkylation sites (N-methyl/N-ethyl adjacent to an activating group) is 1. The highest BCUT2D eigenvalue weighted by atomic mass is 16.2. The van der Waals surface area contributed by atoms with Crippen molar-refractivity contribution in [2.45, 2.75) is 70.8 Å². The average molecular weight is 384 g/mol. The molecule has 0 saturated heterocycles. The van der Waals surface area contributed by atoms with Crippen molar-refractivity contribution in [3.8, 4) is 0 Å². The van der Waals surface area contributed by atoms with Crippen molar-refractivity contribution >= 4 is 22.7 Å². The molecular weight excluding hydrogens is 350 g/mol. The summed E-state index contributed by atoms with van der Waals surface area (Å²) in [4.78, 5) is 31.0. The third kappa shape index (κ3) is 4.40. The van der Waals surface area contributed by atoms with Gasteiger partial charge in [-0.05, 0) is 51.2 Å². The molecule has 2 amide bonds. The molecule has 0 bridgehead atoms. The summed E-state index contributed by atoms with van der Waals surface area (Å²) in [5, 5.41) is 4.39.